The maximum absolute atomic E-state index is 13.2. The van der Waals surface area contributed by atoms with Gasteiger partial charge in [0.25, 0.3) is 10.0 Å². The predicted octanol–water partition coefficient (Wildman–Crippen LogP) is 6.70. The fraction of sp³-hybridized carbons (Fsp3) is 0.0370. The SMILES string of the molecule is COc1ccc(S(=O)(=O)Nc2cc3c(oc4ccc5ccccc5c43)c3ccccc23)cc1. The number of fused-ring (bicyclic) bond motifs is 7. The average Bonchev–Trinajstić information content (AvgIpc) is 3.23. The van der Waals surface area contributed by atoms with Crippen LogP contribution in [0.5, 0.6) is 5.75 Å². The monoisotopic (exact) mass is 453 g/mol. The molecule has 0 unspecified atom stereocenters. The van der Waals surface area contributed by atoms with E-state index < -0.39 is 10.0 Å². The molecule has 0 atom stereocenters. The minimum Gasteiger partial charge on any atom is -0.497 e. The minimum atomic E-state index is -3.81. The second-order valence-corrected chi connectivity index (χ2v) is 9.57. The van der Waals surface area contributed by atoms with Crippen molar-refractivity contribution >= 4 is 59.2 Å². The Kier molecular flexibility index (Phi) is 4.32. The van der Waals surface area contributed by atoms with E-state index in [1.807, 2.05) is 54.6 Å². The van der Waals surface area contributed by atoms with E-state index >= 15 is 0 Å². The first kappa shape index (κ1) is 19.6. The first-order valence-electron chi connectivity index (χ1n) is 10.5. The van der Waals surface area contributed by atoms with Gasteiger partial charge >= 0.3 is 0 Å². The molecule has 0 spiro atoms. The van der Waals surface area contributed by atoms with Gasteiger partial charge in [-0.25, -0.2) is 8.42 Å². The van der Waals surface area contributed by atoms with E-state index in [-0.39, 0.29) is 4.90 Å². The molecule has 6 heteroatoms. The lowest BCUT2D eigenvalue weighted by atomic mass is 10.0. The van der Waals surface area contributed by atoms with Crippen LogP contribution in [0.4, 0.5) is 5.69 Å². The van der Waals surface area contributed by atoms with Crippen LogP contribution in [0.2, 0.25) is 0 Å². The van der Waals surface area contributed by atoms with Gasteiger partial charge in [0, 0.05) is 21.5 Å². The Labute approximate surface area is 190 Å². The lowest BCUT2D eigenvalue weighted by Gasteiger charge is -2.12. The van der Waals surface area contributed by atoms with Gasteiger partial charge in [0.05, 0.1) is 17.7 Å². The van der Waals surface area contributed by atoms with Gasteiger partial charge in [-0.15, -0.1) is 0 Å². The van der Waals surface area contributed by atoms with Gasteiger partial charge < -0.3 is 9.15 Å². The number of benzene rings is 5. The van der Waals surface area contributed by atoms with Gasteiger partial charge in [-0.3, -0.25) is 4.72 Å². The third-order valence-corrected chi connectivity index (χ3v) is 7.36. The minimum absolute atomic E-state index is 0.162. The number of hydrogen-bond acceptors (Lipinski definition) is 4. The summed E-state index contributed by atoms with van der Waals surface area (Å²) in [4.78, 5) is 0.162. The van der Waals surface area contributed by atoms with Gasteiger partial charge in [-0.05, 0) is 47.2 Å². The molecule has 6 rings (SSSR count). The Morgan fingerprint density at radius 1 is 0.758 bits per heavy atom. The number of furan rings is 1. The highest BCUT2D eigenvalue weighted by Gasteiger charge is 2.20. The Bertz CT molecular complexity index is 1780. The zero-order valence-corrected chi connectivity index (χ0v) is 18.5. The van der Waals surface area contributed by atoms with Gasteiger partial charge in [0.2, 0.25) is 0 Å². The molecule has 0 saturated carbocycles. The molecule has 162 valence electrons. The van der Waals surface area contributed by atoms with Crippen LogP contribution in [-0.4, -0.2) is 15.5 Å². The summed E-state index contributed by atoms with van der Waals surface area (Å²) in [7, 11) is -2.27. The molecular weight excluding hydrogens is 434 g/mol. The van der Waals surface area contributed by atoms with Crippen LogP contribution in [0, 0.1) is 0 Å². The number of nitrogens with one attached hydrogen (secondary N) is 1. The van der Waals surface area contributed by atoms with E-state index in [2.05, 4.69) is 16.9 Å². The maximum Gasteiger partial charge on any atom is 0.261 e. The molecule has 0 aliphatic carbocycles. The maximum atomic E-state index is 13.2. The van der Waals surface area contributed by atoms with Gasteiger partial charge in [0.1, 0.15) is 16.9 Å². The van der Waals surface area contributed by atoms with E-state index in [0.717, 1.165) is 43.5 Å². The summed E-state index contributed by atoms with van der Waals surface area (Å²) in [6, 6.07) is 28.0. The number of hydrogen-bond donors (Lipinski definition) is 1. The van der Waals surface area contributed by atoms with Crippen LogP contribution in [0.15, 0.2) is 100 Å². The summed E-state index contributed by atoms with van der Waals surface area (Å²) in [5.74, 6) is 0.595. The van der Waals surface area contributed by atoms with Crippen molar-refractivity contribution in [3.63, 3.8) is 0 Å². The highest BCUT2D eigenvalue weighted by Crippen LogP contribution is 2.41. The third-order valence-electron chi connectivity index (χ3n) is 5.98. The van der Waals surface area contributed by atoms with Crippen LogP contribution in [0.3, 0.4) is 0 Å². The van der Waals surface area contributed by atoms with Crippen molar-refractivity contribution < 1.29 is 17.6 Å². The number of rotatable bonds is 4. The molecule has 0 saturated heterocycles. The van der Waals surface area contributed by atoms with E-state index in [0.29, 0.717) is 11.4 Å². The lowest BCUT2D eigenvalue weighted by molar-refractivity contribution is 0.414. The van der Waals surface area contributed by atoms with Crippen molar-refractivity contribution in [1.82, 2.24) is 0 Å². The molecule has 1 heterocycles. The molecular formula is C27H19NO4S. The van der Waals surface area contributed by atoms with Crippen molar-refractivity contribution in [2.75, 3.05) is 11.8 Å². The Morgan fingerprint density at radius 2 is 1.45 bits per heavy atom. The summed E-state index contributed by atoms with van der Waals surface area (Å²) in [5.41, 5.74) is 2.01. The van der Waals surface area contributed by atoms with Gasteiger partial charge in [0.15, 0.2) is 0 Å². The van der Waals surface area contributed by atoms with E-state index in [1.165, 1.54) is 12.1 Å². The Balaban J connectivity index is 1.62. The molecule has 0 aliphatic rings. The van der Waals surface area contributed by atoms with Gasteiger partial charge in [-0.2, -0.15) is 0 Å². The zero-order chi connectivity index (χ0) is 22.6. The zero-order valence-electron chi connectivity index (χ0n) is 17.7. The van der Waals surface area contributed by atoms with Crippen LogP contribution in [-0.2, 0) is 10.0 Å². The molecule has 33 heavy (non-hydrogen) atoms. The van der Waals surface area contributed by atoms with Crippen LogP contribution < -0.4 is 9.46 Å². The molecule has 5 aromatic carbocycles. The molecule has 1 N–H and O–H groups in total. The topological polar surface area (TPSA) is 68.5 Å². The van der Waals surface area contributed by atoms with Crippen molar-refractivity contribution in [1.29, 1.82) is 0 Å². The fourth-order valence-electron chi connectivity index (χ4n) is 4.41. The van der Waals surface area contributed by atoms with Gasteiger partial charge in [-0.1, -0.05) is 54.6 Å². The van der Waals surface area contributed by atoms with E-state index in [9.17, 15) is 8.42 Å². The standard InChI is InChI=1S/C27H19NO4S/c1-31-18-11-13-19(14-12-18)33(29,30)28-24-16-23-26-20-7-3-2-6-17(20)10-15-25(26)32-27(23)22-9-5-4-8-21(22)24/h2-16,28H,1H3. The normalized spacial score (nSPS) is 12.0. The van der Waals surface area contributed by atoms with Crippen molar-refractivity contribution in [3.05, 3.63) is 91.0 Å². The number of methoxy groups -OCH3 is 1. The second kappa shape index (κ2) is 7.25. The molecule has 6 aromatic rings. The predicted molar refractivity (Wildman–Crippen MR) is 133 cm³/mol. The summed E-state index contributed by atoms with van der Waals surface area (Å²) in [6.45, 7) is 0. The highest BCUT2D eigenvalue weighted by molar-refractivity contribution is 7.92. The molecule has 0 radical (unpaired) electrons. The van der Waals surface area contributed by atoms with Crippen molar-refractivity contribution in [2.24, 2.45) is 0 Å². The number of ether oxygens (including phenoxy) is 1. The van der Waals surface area contributed by atoms with Crippen LogP contribution in [0.1, 0.15) is 0 Å². The molecule has 0 amide bonds. The quantitative estimate of drug-likeness (QED) is 0.322. The molecule has 1 aromatic heterocycles. The first-order valence-corrected chi connectivity index (χ1v) is 12.0. The second-order valence-electron chi connectivity index (χ2n) is 7.89. The average molecular weight is 454 g/mol. The summed E-state index contributed by atoms with van der Waals surface area (Å²) in [6.07, 6.45) is 0. The molecule has 0 fully saturated rings. The number of sulfonamides is 1. The smallest absolute Gasteiger partial charge is 0.261 e. The third kappa shape index (κ3) is 3.10. The van der Waals surface area contributed by atoms with Crippen molar-refractivity contribution in [3.8, 4) is 5.75 Å². The van der Waals surface area contributed by atoms with E-state index in [4.69, 9.17) is 9.15 Å². The summed E-state index contributed by atoms with van der Waals surface area (Å²) < 4.78 is 40.7. The van der Waals surface area contributed by atoms with Crippen molar-refractivity contribution in [2.45, 2.75) is 4.90 Å². The number of anilines is 1. The molecule has 0 aliphatic heterocycles. The van der Waals surface area contributed by atoms with Crippen LogP contribution in [0.25, 0.3) is 43.5 Å². The molecule has 5 nitrogen and oxygen atoms in total. The summed E-state index contributed by atoms with van der Waals surface area (Å²) in [5, 5.41) is 5.62. The highest BCUT2D eigenvalue weighted by atomic mass is 32.2. The first-order chi connectivity index (χ1) is 16.0. The van der Waals surface area contributed by atoms with E-state index in [1.54, 1.807) is 19.2 Å². The fourth-order valence-corrected chi connectivity index (χ4v) is 5.48. The Morgan fingerprint density at radius 3 is 2.21 bits per heavy atom. The lowest BCUT2D eigenvalue weighted by Crippen LogP contribution is -2.13. The van der Waals surface area contributed by atoms with Crippen LogP contribution >= 0.6 is 0 Å². The Hall–Kier alpha value is -4.03. The molecule has 0 bridgehead atoms. The largest absolute Gasteiger partial charge is 0.497 e. The summed E-state index contributed by atoms with van der Waals surface area (Å²) >= 11 is 0.